The molecule has 2 N–H and O–H groups in total. The summed E-state index contributed by atoms with van der Waals surface area (Å²) in [5.41, 5.74) is 1.86. The molecule has 0 aliphatic carbocycles. The van der Waals surface area contributed by atoms with Crippen molar-refractivity contribution in [2.75, 3.05) is 6.54 Å². The van der Waals surface area contributed by atoms with E-state index in [1.165, 1.54) is 6.08 Å². The number of aliphatic carboxylic acids is 1. The van der Waals surface area contributed by atoms with Crippen molar-refractivity contribution in [3.05, 3.63) is 40.8 Å². The summed E-state index contributed by atoms with van der Waals surface area (Å²) >= 11 is 0. The van der Waals surface area contributed by atoms with Gasteiger partial charge in [-0.1, -0.05) is 29.8 Å². The van der Waals surface area contributed by atoms with Gasteiger partial charge in [0.2, 0.25) is 10.0 Å². The summed E-state index contributed by atoms with van der Waals surface area (Å²) in [6.07, 6.45) is 1.22. The van der Waals surface area contributed by atoms with E-state index in [4.69, 9.17) is 5.11 Å². The molecule has 18 heavy (non-hydrogen) atoms. The monoisotopic (exact) mass is 269 g/mol. The molecule has 1 aromatic rings. The highest BCUT2D eigenvalue weighted by Gasteiger charge is 2.05. The van der Waals surface area contributed by atoms with Gasteiger partial charge in [0, 0.05) is 12.0 Å². The van der Waals surface area contributed by atoms with Gasteiger partial charge in [0.15, 0.2) is 0 Å². The Morgan fingerprint density at radius 2 is 1.94 bits per heavy atom. The van der Waals surface area contributed by atoms with Crippen molar-refractivity contribution in [1.29, 1.82) is 0 Å². The molecule has 0 heterocycles. The van der Waals surface area contributed by atoms with Gasteiger partial charge in [0.05, 0.1) is 6.42 Å². The first kappa shape index (κ1) is 14.4. The number of nitrogens with one attached hydrogen (secondary N) is 1. The first-order chi connectivity index (χ1) is 8.39. The molecule has 0 amide bonds. The van der Waals surface area contributed by atoms with Gasteiger partial charge in [-0.05, 0) is 18.6 Å². The molecule has 1 rings (SSSR count). The Balaban J connectivity index is 2.59. The smallest absolute Gasteiger partial charge is 0.304 e. The van der Waals surface area contributed by atoms with Gasteiger partial charge in [0.1, 0.15) is 0 Å². The molecule has 0 bridgehead atoms. The first-order valence-electron chi connectivity index (χ1n) is 5.35. The van der Waals surface area contributed by atoms with Crippen molar-refractivity contribution in [2.24, 2.45) is 0 Å². The number of carboxylic acid groups (broad SMARTS) is 1. The lowest BCUT2D eigenvalue weighted by molar-refractivity contribution is -0.136. The molecular formula is C12H15NO4S. The summed E-state index contributed by atoms with van der Waals surface area (Å²) in [5.74, 6) is -1.04. The lowest BCUT2D eigenvalue weighted by Gasteiger charge is -2.00. The maximum absolute atomic E-state index is 11.5. The second kappa shape index (κ2) is 6.32. The van der Waals surface area contributed by atoms with Crippen molar-refractivity contribution in [3.8, 4) is 0 Å². The summed E-state index contributed by atoms with van der Waals surface area (Å²) in [4.78, 5) is 10.2. The third-order valence-electron chi connectivity index (χ3n) is 2.16. The first-order valence-corrected chi connectivity index (χ1v) is 6.90. The lowest BCUT2D eigenvalue weighted by Crippen LogP contribution is -2.24. The van der Waals surface area contributed by atoms with Gasteiger partial charge < -0.3 is 5.11 Å². The summed E-state index contributed by atoms with van der Waals surface area (Å²) in [7, 11) is -3.58. The average molecular weight is 269 g/mol. The van der Waals surface area contributed by atoms with Crippen LogP contribution in [0.1, 0.15) is 17.5 Å². The number of hydrogen-bond acceptors (Lipinski definition) is 3. The Labute approximate surface area is 106 Å². The molecule has 1 aromatic carbocycles. The van der Waals surface area contributed by atoms with Crippen LogP contribution in [0.15, 0.2) is 29.7 Å². The van der Waals surface area contributed by atoms with Gasteiger partial charge in [-0.3, -0.25) is 4.79 Å². The molecule has 6 heteroatoms. The molecule has 0 saturated carbocycles. The van der Waals surface area contributed by atoms with Gasteiger partial charge in [-0.15, -0.1) is 0 Å². The molecular weight excluding hydrogens is 254 g/mol. The minimum Gasteiger partial charge on any atom is -0.481 e. The van der Waals surface area contributed by atoms with Crippen LogP contribution in [0.5, 0.6) is 0 Å². The van der Waals surface area contributed by atoms with E-state index in [9.17, 15) is 13.2 Å². The zero-order valence-electron chi connectivity index (χ0n) is 9.96. The van der Waals surface area contributed by atoms with E-state index >= 15 is 0 Å². The van der Waals surface area contributed by atoms with E-state index < -0.39 is 16.0 Å². The number of carboxylic acids is 1. The second-order valence-corrected chi connectivity index (χ2v) is 5.45. The Morgan fingerprint density at radius 1 is 1.33 bits per heavy atom. The highest BCUT2D eigenvalue weighted by molar-refractivity contribution is 7.92. The zero-order valence-corrected chi connectivity index (χ0v) is 10.8. The van der Waals surface area contributed by atoms with Crippen LogP contribution in [-0.2, 0) is 14.8 Å². The van der Waals surface area contributed by atoms with Gasteiger partial charge in [0.25, 0.3) is 0 Å². The minimum absolute atomic E-state index is 0.115. The van der Waals surface area contributed by atoms with Gasteiger partial charge >= 0.3 is 5.97 Å². The fourth-order valence-electron chi connectivity index (χ4n) is 1.19. The molecule has 0 saturated heterocycles. The molecule has 0 fully saturated rings. The molecule has 98 valence electrons. The van der Waals surface area contributed by atoms with Crippen LogP contribution in [0, 0.1) is 6.92 Å². The number of rotatable bonds is 6. The summed E-state index contributed by atoms with van der Waals surface area (Å²) in [6, 6.07) is 7.37. The number of sulfonamides is 1. The van der Waals surface area contributed by atoms with Crippen molar-refractivity contribution in [2.45, 2.75) is 13.3 Å². The normalized spacial score (nSPS) is 11.8. The lowest BCUT2D eigenvalue weighted by atomic mass is 10.2. The van der Waals surface area contributed by atoms with Crippen LogP contribution in [0.3, 0.4) is 0 Å². The molecule has 0 radical (unpaired) electrons. The molecule has 0 aliphatic heterocycles. The topological polar surface area (TPSA) is 83.5 Å². The van der Waals surface area contributed by atoms with E-state index in [1.807, 2.05) is 19.1 Å². The molecule has 5 nitrogen and oxygen atoms in total. The summed E-state index contributed by atoms with van der Waals surface area (Å²) in [5, 5.41) is 9.42. The maximum Gasteiger partial charge on any atom is 0.304 e. The molecule has 0 spiro atoms. The van der Waals surface area contributed by atoms with Crippen molar-refractivity contribution in [3.63, 3.8) is 0 Å². The van der Waals surface area contributed by atoms with Crippen LogP contribution in [0.25, 0.3) is 6.08 Å². The Hall–Kier alpha value is -1.66. The quantitative estimate of drug-likeness (QED) is 0.816. The standard InChI is InChI=1S/C12H15NO4S/c1-10-2-4-11(5-3-10)7-9-18(16,17)13-8-6-12(14)15/h2-5,7,9,13H,6,8H2,1H3,(H,14,15). The van der Waals surface area contributed by atoms with Crippen LogP contribution < -0.4 is 4.72 Å². The Kier molecular flexibility index (Phi) is 5.06. The van der Waals surface area contributed by atoms with Crippen molar-refractivity contribution < 1.29 is 18.3 Å². The minimum atomic E-state index is -3.58. The molecule has 0 aliphatic rings. The Morgan fingerprint density at radius 3 is 2.50 bits per heavy atom. The zero-order chi connectivity index (χ0) is 13.6. The molecule has 0 unspecified atom stereocenters. The van der Waals surface area contributed by atoms with Crippen LogP contribution >= 0.6 is 0 Å². The van der Waals surface area contributed by atoms with Crippen molar-refractivity contribution in [1.82, 2.24) is 4.72 Å². The average Bonchev–Trinajstić information content (AvgIpc) is 2.27. The number of benzene rings is 1. The predicted octanol–water partition coefficient (Wildman–Crippen LogP) is 1.36. The van der Waals surface area contributed by atoms with Crippen LogP contribution in [0.4, 0.5) is 0 Å². The van der Waals surface area contributed by atoms with E-state index in [-0.39, 0.29) is 13.0 Å². The van der Waals surface area contributed by atoms with Crippen LogP contribution in [0.2, 0.25) is 0 Å². The van der Waals surface area contributed by atoms with E-state index in [0.717, 1.165) is 16.5 Å². The van der Waals surface area contributed by atoms with Crippen LogP contribution in [-0.4, -0.2) is 26.0 Å². The third kappa shape index (κ3) is 5.60. The fourth-order valence-corrected chi connectivity index (χ4v) is 2.01. The Bertz CT molecular complexity index is 532. The summed E-state index contributed by atoms with van der Waals surface area (Å²) < 4.78 is 25.1. The van der Waals surface area contributed by atoms with E-state index in [1.54, 1.807) is 12.1 Å². The van der Waals surface area contributed by atoms with E-state index in [2.05, 4.69) is 4.72 Å². The fraction of sp³-hybridized carbons (Fsp3) is 0.250. The summed E-state index contributed by atoms with van der Waals surface area (Å²) in [6.45, 7) is 1.83. The van der Waals surface area contributed by atoms with Gasteiger partial charge in [-0.2, -0.15) is 0 Å². The largest absolute Gasteiger partial charge is 0.481 e. The number of carbonyl (C=O) groups is 1. The highest BCUT2D eigenvalue weighted by atomic mass is 32.2. The third-order valence-corrected chi connectivity index (χ3v) is 3.26. The SMILES string of the molecule is Cc1ccc(C=CS(=O)(=O)NCCC(=O)O)cc1. The maximum atomic E-state index is 11.5. The van der Waals surface area contributed by atoms with E-state index in [0.29, 0.717) is 0 Å². The second-order valence-electron chi connectivity index (χ2n) is 3.80. The molecule has 0 atom stereocenters. The number of aryl methyl sites for hydroxylation is 1. The van der Waals surface area contributed by atoms with Crippen molar-refractivity contribution >= 4 is 22.1 Å². The van der Waals surface area contributed by atoms with Gasteiger partial charge in [-0.25, -0.2) is 13.1 Å². The highest BCUT2D eigenvalue weighted by Crippen LogP contribution is 2.05. The number of hydrogen-bond donors (Lipinski definition) is 2. The predicted molar refractivity (Wildman–Crippen MR) is 69.4 cm³/mol. The molecule has 0 aromatic heterocycles.